The molecule has 0 aliphatic carbocycles. The number of hydrazone groups is 1. The predicted molar refractivity (Wildman–Crippen MR) is 73.7 cm³/mol. The van der Waals surface area contributed by atoms with Crippen molar-refractivity contribution in [3.05, 3.63) is 39.1 Å². The number of benzene rings is 1. The van der Waals surface area contributed by atoms with Gasteiger partial charge < -0.3 is 0 Å². The van der Waals surface area contributed by atoms with E-state index >= 15 is 0 Å². The first-order valence-electron chi connectivity index (χ1n) is 4.86. The van der Waals surface area contributed by atoms with E-state index in [4.69, 9.17) is 12.2 Å². The van der Waals surface area contributed by atoms with Gasteiger partial charge in [0.1, 0.15) is 0 Å². The molecule has 0 aliphatic rings. The van der Waals surface area contributed by atoms with E-state index in [-0.39, 0.29) is 0 Å². The third kappa shape index (κ3) is 3.24. The zero-order chi connectivity index (χ0) is 12.3. The number of H-pyrrole nitrogens is 2. The Kier molecular flexibility index (Phi) is 3.70. The minimum absolute atomic E-state index is 0.393. The molecule has 0 unspecified atom stereocenters. The summed E-state index contributed by atoms with van der Waals surface area (Å²) in [7, 11) is 0. The zero-order valence-corrected chi connectivity index (χ0v) is 11.4. The quantitative estimate of drug-likeness (QED) is 0.463. The van der Waals surface area contributed by atoms with Crippen molar-refractivity contribution in [3.63, 3.8) is 0 Å². The molecule has 0 saturated heterocycles. The van der Waals surface area contributed by atoms with Crippen LogP contribution in [0.1, 0.15) is 12.5 Å². The number of halogens is 1. The van der Waals surface area contributed by atoms with Gasteiger partial charge in [-0.3, -0.25) is 10.2 Å². The molecule has 0 bridgehead atoms. The van der Waals surface area contributed by atoms with Crippen LogP contribution in [0.5, 0.6) is 0 Å². The van der Waals surface area contributed by atoms with E-state index in [1.807, 2.05) is 31.2 Å². The Morgan fingerprint density at radius 3 is 2.65 bits per heavy atom. The van der Waals surface area contributed by atoms with Crippen molar-refractivity contribution in [2.45, 2.75) is 6.92 Å². The number of aromatic amines is 2. The van der Waals surface area contributed by atoms with Crippen LogP contribution in [0.4, 0.5) is 5.95 Å². The number of nitrogens with zero attached hydrogens (tertiary/aromatic N) is 2. The summed E-state index contributed by atoms with van der Waals surface area (Å²) in [5.41, 5.74) is 4.69. The fourth-order valence-corrected chi connectivity index (χ4v) is 1.62. The van der Waals surface area contributed by atoms with Gasteiger partial charge in [-0.15, -0.1) is 0 Å². The summed E-state index contributed by atoms with van der Waals surface area (Å²) in [6.45, 7) is 1.91. The molecule has 3 N–H and O–H groups in total. The standard InChI is InChI=1S/C10H10BrN5S/c1-6(7-2-4-8(11)5-3-7)13-14-9-12-10(17)16-15-9/h2-5H,1H3,(H3,12,14,15,16,17)/b13-6+. The van der Waals surface area contributed by atoms with Crippen LogP contribution in [0.3, 0.4) is 0 Å². The van der Waals surface area contributed by atoms with E-state index in [9.17, 15) is 0 Å². The summed E-state index contributed by atoms with van der Waals surface area (Å²) in [4.78, 5) is 3.97. The smallest absolute Gasteiger partial charge is 0.238 e. The van der Waals surface area contributed by atoms with Gasteiger partial charge in [-0.2, -0.15) is 10.1 Å². The molecule has 0 atom stereocenters. The average Bonchev–Trinajstić information content (AvgIpc) is 2.73. The summed E-state index contributed by atoms with van der Waals surface area (Å²) in [5, 5.41) is 9.63. The van der Waals surface area contributed by atoms with Gasteiger partial charge in [0.2, 0.25) is 10.7 Å². The molecule has 1 heterocycles. The maximum Gasteiger partial charge on any atom is 0.238 e. The lowest BCUT2D eigenvalue weighted by Gasteiger charge is -2.01. The first kappa shape index (κ1) is 12.0. The van der Waals surface area contributed by atoms with Crippen LogP contribution >= 0.6 is 28.1 Å². The molecule has 0 amide bonds. The molecule has 2 aromatic rings. The highest BCUT2D eigenvalue weighted by atomic mass is 79.9. The third-order valence-electron chi connectivity index (χ3n) is 2.09. The molecule has 88 valence electrons. The number of hydrogen-bond acceptors (Lipinski definition) is 4. The van der Waals surface area contributed by atoms with Gasteiger partial charge in [0, 0.05) is 4.47 Å². The van der Waals surface area contributed by atoms with Crippen LogP contribution in [0.15, 0.2) is 33.8 Å². The minimum atomic E-state index is 0.393. The van der Waals surface area contributed by atoms with E-state index in [0.29, 0.717) is 10.7 Å². The highest BCUT2D eigenvalue weighted by Crippen LogP contribution is 2.11. The second-order valence-corrected chi connectivity index (χ2v) is 4.63. The summed E-state index contributed by atoms with van der Waals surface area (Å²) in [5.74, 6) is 0.492. The van der Waals surface area contributed by atoms with Gasteiger partial charge in [-0.05, 0) is 36.8 Å². The SMILES string of the molecule is C/C(=N\Nc1nc(=S)[nH][nH]1)c1ccc(Br)cc1. The van der Waals surface area contributed by atoms with Crippen LogP contribution in [-0.2, 0) is 0 Å². The van der Waals surface area contributed by atoms with Crippen LogP contribution in [0, 0.1) is 4.77 Å². The number of hydrogen-bond donors (Lipinski definition) is 3. The molecular formula is C10H10BrN5S. The van der Waals surface area contributed by atoms with Gasteiger partial charge in [0.05, 0.1) is 5.71 Å². The summed E-state index contributed by atoms with van der Waals surface area (Å²) in [6.07, 6.45) is 0. The maximum absolute atomic E-state index is 4.83. The molecule has 0 aliphatic heterocycles. The van der Waals surface area contributed by atoms with Gasteiger partial charge in [-0.25, -0.2) is 5.43 Å². The van der Waals surface area contributed by atoms with Gasteiger partial charge in [0.15, 0.2) is 0 Å². The molecule has 5 nitrogen and oxygen atoms in total. The lowest BCUT2D eigenvalue weighted by atomic mass is 10.1. The average molecular weight is 312 g/mol. The zero-order valence-electron chi connectivity index (χ0n) is 8.99. The Morgan fingerprint density at radius 1 is 1.35 bits per heavy atom. The molecule has 1 aromatic carbocycles. The maximum atomic E-state index is 4.83. The topological polar surface area (TPSA) is 68.9 Å². The van der Waals surface area contributed by atoms with Crippen LogP contribution in [0.25, 0.3) is 0 Å². The summed E-state index contributed by atoms with van der Waals surface area (Å²) >= 11 is 8.22. The molecule has 0 saturated carbocycles. The normalized spacial score (nSPS) is 11.5. The van der Waals surface area contributed by atoms with Crippen LogP contribution in [0.2, 0.25) is 0 Å². The Hall–Kier alpha value is -1.47. The van der Waals surface area contributed by atoms with Crippen molar-refractivity contribution in [1.29, 1.82) is 0 Å². The first-order valence-corrected chi connectivity index (χ1v) is 6.06. The largest absolute Gasteiger partial charge is 0.272 e. The monoisotopic (exact) mass is 311 g/mol. The minimum Gasteiger partial charge on any atom is -0.272 e. The van der Waals surface area contributed by atoms with E-state index < -0.39 is 0 Å². The van der Waals surface area contributed by atoms with Gasteiger partial charge in [-0.1, -0.05) is 28.1 Å². The second kappa shape index (κ2) is 5.24. The third-order valence-corrected chi connectivity index (χ3v) is 2.81. The van der Waals surface area contributed by atoms with E-state index in [1.165, 1.54) is 0 Å². The van der Waals surface area contributed by atoms with Crippen molar-refractivity contribution in [3.8, 4) is 0 Å². The van der Waals surface area contributed by atoms with E-state index in [0.717, 1.165) is 15.7 Å². The van der Waals surface area contributed by atoms with Crippen molar-refractivity contribution in [2.24, 2.45) is 5.10 Å². The number of rotatable bonds is 3. The number of aromatic nitrogens is 3. The Labute approximate surface area is 111 Å². The fraction of sp³-hybridized carbons (Fsp3) is 0.100. The predicted octanol–water partition coefficient (Wildman–Crippen LogP) is 3.07. The number of anilines is 1. The molecule has 1 aromatic heterocycles. The highest BCUT2D eigenvalue weighted by Gasteiger charge is 1.98. The molecule has 0 spiro atoms. The lowest BCUT2D eigenvalue weighted by molar-refractivity contribution is 1.07. The molecular weight excluding hydrogens is 302 g/mol. The van der Waals surface area contributed by atoms with Crippen molar-refractivity contribution >= 4 is 39.8 Å². The Bertz CT molecular complexity index is 583. The molecule has 17 heavy (non-hydrogen) atoms. The van der Waals surface area contributed by atoms with Gasteiger partial charge >= 0.3 is 0 Å². The van der Waals surface area contributed by atoms with Crippen molar-refractivity contribution in [2.75, 3.05) is 5.43 Å². The van der Waals surface area contributed by atoms with E-state index in [2.05, 4.69) is 41.6 Å². The molecule has 0 fully saturated rings. The second-order valence-electron chi connectivity index (χ2n) is 3.33. The molecule has 0 radical (unpaired) electrons. The summed E-state index contributed by atoms with van der Waals surface area (Å²) in [6, 6.07) is 7.90. The van der Waals surface area contributed by atoms with Gasteiger partial charge in [0.25, 0.3) is 0 Å². The molecule has 7 heteroatoms. The number of nitrogens with one attached hydrogen (secondary N) is 3. The Balaban J connectivity index is 2.11. The van der Waals surface area contributed by atoms with E-state index in [1.54, 1.807) is 0 Å². The van der Waals surface area contributed by atoms with Crippen LogP contribution in [-0.4, -0.2) is 20.9 Å². The lowest BCUT2D eigenvalue weighted by Crippen LogP contribution is -2.00. The highest BCUT2D eigenvalue weighted by molar-refractivity contribution is 9.10. The molecule has 2 rings (SSSR count). The Morgan fingerprint density at radius 2 is 2.06 bits per heavy atom. The van der Waals surface area contributed by atoms with Crippen molar-refractivity contribution < 1.29 is 0 Å². The fourth-order valence-electron chi connectivity index (χ4n) is 1.22. The van der Waals surface area contributed by atoms with Crippen molar-refractivity contribution in [1.82, 2.24) is 15.2 Å². The first-order chi connectivity index (χ1) is 8.15. The van der Waals surface area contributed by atoms with Crippen LogP contribution < -0.4 is 5.43 Å². The summed E-state index contributed by atoms with van der Waals surface area (Å²) < 4.78 is 1.43.